The second kappa shape index (κ2) is 9.39. The molecule has 2 aliphatic heterocycles. The highest BCUT2D eigenvalue weighted by Crippen LogP contribution is 2.22. The van der Waals surface area contributed by atoms with E-state index in [0.717, 1.165) is 32.4 Å². The number of anilines is 2. The Kier molecular flexibility index (Phi) is 6.42. The predicted octanol–water partition coefficient (Wildman–Crippen LogP) is 4.21. The number of hydrogen-bond donors (Lipinski definition) is 2. The third-order valence-corrected chi connectivity index (χ3v) is 5.96. The van der Waals surface area contributed by atoms with Gasteiger partial charge in [0.15, 0.2) is 0 Å². The van der Waals surface area contributed by atoms with E-state index in [4.69, 9.17) is 11.6 Å². The minimum Gasteiger partial charge on any atom is -0.339 e. The van der Waals surface area contributed by atoms with Crippen LogP contribution in [-0.4, -0.2) is 53.3 Å². The maximum absolute atomic E-state index is 12.8. The van der Waals surface area contributed by atoms with Crippen molar-refractivity contribution in [3.8, 4) is 0 Å². The smallest absolute Gasteiger partial charge is 0.322 e. The van der Waals surface area contributed by atoms with Crippen LogP contribution in [0.4, 0.5) is 16.2 Å². The maximum atomic E-state index is 12.8. The SMILES string of the molecule is O=C(Nc1ccc(C(=O)N2CCCC2)cc1)[C@H]1CCCN1C(=O)Nc1ccc(Cl)cc1. The Morgan fingerprint density at radius 3 is 2.10 bits per heavy atom. The minimum atomic E-state index is -0.543. The van der Waals surface area contributed by atoms with Crippen LogP contribution in [0.2, 0.25) is 5.02 Å². The van der Waals surface area contributed by atoms with Gasteiger partial charge in [-0.3, -0.25) is 9.59 Å². The van der Waals surface area contributed by atoms with E-state index in [1.807, 2.05) is 4.90 Å². The Labute approximate surface area is 186 Å². The van der Waals surface area contributed by atoms with Crippen molar-refractivity contribution in [2.75, 3.05) is 30.3 Å². The lowest BCUT2D eigenvalue weighted by Crippen LogP contribution is -2.45. The summed E-state index contributed by atoms with van der Waals surface area (Å²) in [5.41, 5.74) is 1.84. The van der Waals surface area contributed by atoms with Gasteiger partial charge in [-0.25, -0.2) is 4.79 Å². The lowest BCUT2D eigenvalue weighted by atomic mass is 10.1. The molecule has 1 atom stereocenters. The molecule has 0 aliphatic carbocycles. The number of carbonyl (C=O) groups excluding carboxylic acids is 3. The molecule has 0 unspecified atom stereocenters. The first-order valence-electron chi connectivity index (χ1n) is 10.5. The molecule has 2 aliphatic rings. The Morgan fingerprint density at radius 1 is 0.806 bits per heavy atom. The van der Waals surface area contributed by atoms with Crippen molar-refractivity contribution in [3.05, 3.63) is 59.1 Å². The van der Waals surface area contributed by atoms with Crippen LogP contribution >= 0.6 is 11.6 Å². The second-order valence-corrected chi connectivity index (χ2v) is 8.29. The molecule has 7 nitrogen and oxygen atoms in total. The molecule has 2 heterocycles. The standard InChI is InChI=1S/C23H25ClN4O3/c24-17-7-11-19(12-8-17)26-23(31)28-15-3-4-20(28)21(29)25-18-9-5-16(6-10-18)22(30)27-13-1-2-14-27/h5-12,20H,1-4,13-15H2,(H,25,29)(H,26,31)/t20-/m1/s1. The van der Waals surface area contributed by atoms with Gasteiger partial charge in [0.1, 0.15) is 6.04 Å². The summed E-state index contributed by atoms with van der Waals surface area (Å²) in [5.74, 6) is -0.210. The third kappa shape index (κ3) is 4.99. The number of rotatable bonds is 4. The fourth-order valence-electron chi connectivity index (χ4n) is 4.04. The van der Waals surface area contributed by atoms with Crippen molar-refractivity contribution < 1.29 is 14.4 Å². The van der Waals surface area contributed by atoms with Crippen LogP contribution in [0.25, 0.3) is 0 Å². The fraction of sp³-hybridized carbons (Fsp3) is 0.348. The zero-order valence-electron chi connectivity index (χ0n) is 17.1. The summed E-state index contributed by atoms with van der Waals surface area (Å²) in [6.45, 7) is 2.11. The average Bonchev–Trinajstić information content (AvgIpc) is 3.48. The first-order valence-corrected chi connectivity index (χ1v) is 10.9. The number of nitrogens with zero attached hydrogens (tertiary/aromatic N) is 2. The summed E-state index contributed by atoms with van der Waals surface area (Å²) in [7, 11) is 0. The van der Waals surface area contributed by atoms with Gasteiger partial charge in [-0.05, 0) is 74.2 Å². The first kappa shape index (κ1) is 21.2. The van der Waals surface area contributed by atoms with Gasteiger partial charge in [-0.15, -0.1) is 0 Å². The maximum Gasteiger partial charge on any atom is 0.322 e. The summed E-state index contributed by atoms with van der Waals surface area (Å²) in [5, 5.41) is 6.27. The van der Waals surface area contributed by atoms with E-state index in [-0.39, 0.29) is 17.8 Å². The molecule has 2 aromatic carbocycles. The molecular formula is C23H25ClN4O3. The van der Waals surface area contributed by atoms with Gasteiger partial charge in [0, 0.05) is 41.6 Å². The highest BCUT2D eigenvalue weighted by Gasteiger charge is 2.34. The van der Waals surface area contributed by atoms with Gasteiger partial charge in [-0.2, -0.15) is 0 Å². The van der Waals surface area contributed by atoms with Crippen molar-refractivity contribution >= 4 is 40.8 Å². The van der Waals surface area contributed by atoms with Gasteiger partial charge in [0.25, 0.3) is 5.91 Å². The molecule has 31 heavy (non-hydrogen) atoms. The van der Waals surface area contributed by atoms with E-state index >= 15 is 0 Å². The van der Waals surface area contributed by atoms with E-state index in [0.29, 0.717) is 34.9 Å². The average molecular weight is 441 g/mol. The van der Waals surface area contributed by atoms with E-state index in [1.165, 1.54) is 0 Å². The van der Waals surface area contributed by atoms with Crippen molar-refractivity contribution in [2.24, 2.45) is 0 Å². The Morgan fingerprint density at radius 2 is 1.42 bits per heavy atom. The largest absolute Gasteiger partial charge is 0.339 e. The van der Waals surface area contributed by atoms with E-state index in [9.17, 15) is 14.4 Å². The molecule has 4 amide bonds. The van der Waals surface area contributed by atoms with Crippen LogP contribution in [0, 0.1) is 0 Å². The number of urea groups is 1. The molecule has 0 aromatic heterocycles. The van der Waals surface area contributed by atoms with Gasteiger partial charge in [-0.1, -0.05) is 11.6 Å². The first-order chi connectivity index (χ1) is 15.0. The van der Waals surface area contributed by atoms with Gasteiger partial charge in [0.05, 0.1) is 0 Å². The monoisotopic (exact) mass is 440 g/mol. The predicted molar refractivity (Wildman–Crippen MR) is 120 cm³/mol. The van der Waals surface area contributed by atoms with Gasteiger partial charge < -0.3 is 20.4 Å². The van der Waals surface area contributed by atoms with Gasteiger partial charge >= 0.3 is 6.03 Å². The summed E-state index contributed by atoms with van der Waals surface area (Å²) in [6, 6.07) is 12.9. The van der Waals surface area contributed by atoms with Crippen molar-refractivity contribution in [3.63, 3.8) is 0 Å². The van der Waals surface area contributed by atoms with Crippen molar-refractivity contribution in [1.29, 1.82) is 0 Å². The number of carbonyl (C=O) groups is 3. The second-order valence-electron chi connectivity index (χ2n) is 7.85. The van der Waals surface area contributed by atoms with Crippen LogP contribution in [-0.2, 0) is 4.79 Å². The van der Waals surface area contributed by atoms with E-state index < -0.39 is 6.04 Å². The molecule has 2 saturated heterocycles. The molecule has 0 spiro atoms. The highest BCUT2D eigenvalue weighted by atomic mass is 35.5. The van der Waals surface area contributed by atoms with E-state index in [1.54, 1.807) is 53.4 Å². The van der Waals surface area contributed by atoms with Crippen LogP contribution in [0.1, 0.15) is 36.0 Å². The topological polar surface area (TPSA) is 81.8 Å². The number of benzene rings is 2. The molecule has 0 bridgehead atoms. The minimum absolute atomic E-state index is 0.0243. The number of likely N-dealkylation sites (tertiary alicyclic amines) is 2. The quantitative estimate of drug-likeness (QED) is 0.747. The van der Waals surface area contributed by atoms with Crippen molar-refractivity contribution in [1.82, 2.24) is 9.80 Å². The number of halogens is 1. The van der Waals surface area contributed by atoms with Crippen LogP contribution in [0.5, 0.6) is 0 Å². The molecule has 4 rings (SSSR count). The Balaban J connectivity index is 1.36. The molecule has 162 valence electrons. The summed E-state index contributed by atoms with van der Waals surface area (Å²) < 4.78 is 0. The van der Waals surface area contributed by atoms with Gasteiger partial charge in [0.2, 0.25) is 5.91 Å². The lowest BCUT2D eigenvalue weighted by molar-refractivity contribution is -0.119. The number of hydrogen-bond acceptors (Lipinski definition) is 3. The highest BCUT2D eigenvalue weighted by molar-refractivity contribution is 6.30. The molecular weight excluding hydrogens is 416 g/mol. The lowest BCUT2D eigenvalue weighted by Gasteiger charge is -2.24. The third-order valence-electron chi connectivity index (χ3n) is 5.70. The zero-order chi connectivity index (χ0) is 21.8. The summed E-state index contributed by atoms with van der Waals surface area (Å²) in [6.07, 6.45) is 3.45. The van der Waals surface area contributed by atoms with Crippen LogP contribution < -0.4 is 10.6 Å². The molecule has 0 saturated carbocycles. The Bertz CT molecular complexity index is 956. The summed E-state index contributed by atoms with van der Waals surface area (Å²) >= 11 is 5.88. The van der Waals surface area contributed by atoms with Crippen LogP contribution in [0.3, 0.4) is 0 Å². The summed E-state index contributed by atoms with van der Waals surface area (Å²) in [4.78, 5) is 41.4. The Hall–Kier alpha value is -3.06. The molecule has 2 aromatic rings. The molecule has 2 fully saturated rings. The number of nitrogens with one attached hydrogen (secondary N) is 2. The van der Waals surface area contributed by atoms with E-state index in [2.05, 4.69) is 10.6 Å². The molecule has 2 N–H and O–H groups in total. The normalized spacial score (nSPS) is 18.2. The van der Waals surface area contributed by atoms with Crippen molar-refractivity contribution in [2.45, 2.75) is 31.7 Å². The zero-order valence-corrected chi connectivity index (χ0v) is 17.9. The number of amides is 4. The fourth-order valence-corrected chi connectivity index (χ4v) is 4.16. The van der Waals surface area contributed by atoms with Crippen LogP contribution in [0.15, 0.2) is 48.5 Å². The molecule has 8 heteroatoms. The molecule has 0 radical (unpaired) electrons.